The molecule has 0 aliphatic carbocycles. The first kappa shape index (κ1) is 65.5. The average molecular weight is 1420 g/mol. The molecule has 0 atom stereocenters. The van der Waals surface area contributed by atoms with Crippen molar-refractivity contribution < 1.29 is 0 Å². The van der Waals surface area contributed by atoms with E-state index in [0.29, 0.717) is 0 Å². The Hall–Kier alpha value is -14.8. The van der Waals surface area contributed by atoms with Crippen molar-refractivity contribution >= 4 is 108 Å². The summed E-state index contributed by atoms with van der Waals surface area (Å²) in [6.07, 6.45) is 5.78. The van der Waals surface area contributed by atoms with Crippen LogP contribution in [0.5, 0.6) is 0 Å². The summed E-state index contributed by atoms with van der Waals surface area (Å²) in [6.45, 7) is 0. The van der Waals surface area contributed by atoms with Crippen LogP contribution in [0.4, 0.5) is 0 Å². The highest BCUT2D eigenvalue weighted by Gasteiger charge is 2.22. The summed E-state index contributed by atoms with van der Waals surface area (Å²) in [4.78, 5) is 19.2. The molecule has 520 valence electrons. The molecule has 112 heavy (non-hydrogen) atoms. The molecule has 4 aromatic heterocycles. The fourth-order valence-electron chi connectivity index (χ4n) is 16.9. The Balaban J connectivity index is 0.000000141. The molecule has 0 unspecified atom stereocenters. The van der Waals surface area contributed by atoms with E-state index in [0.717, 1.165) is 72.3 Å². The molecule has 0 aliphatic heterocycles. The maximum Gasteiger partial charge on any atom is 0.0725 e. The first-order chi connectivity index (χ1) is 55.5. The molecule has 0 amide bonds. The van der Waals surface area contributed by atoms with Gasteiger partial charge in [-0.3, -0.25) is 15.0 Å². The lowest BCUT2D eigenvalue weighted by molar-refractivity contribution is 1.30. The molecule has 22 aromatic rings. The van der Waals surface area contributed by atoms with Gasteiger partial charge in [-0.2, -0.15) is 0 Å². The Kier molecular flexibility index (Phi) is 16.2. The molecule has 4 nitrogen and oxygen atoms in total. The van der Waals surface area contributed by atoms with Crippen LogP contribution in [0.15, 0.2) is 413 Å². The highest BCUT2D eigenvalue weighted by Crippen LogP contribution is 2.49. The van der Waals surface area contributed by atoms with Crippen molar-refractivity contribution in [2.75, 3.05) is 0 Å². The van der Waals surface area contributed by atoms with E-state index in [9.17, 15) is 0 Å². The Bertz CT molecular complexity index is 7490. The fourth-order valence-corrected chi connectivity index (χ4v) is 16.9. The highest BCUT2D eigenvalue weighted by atomic mass is 14.7. The van der Waals surface area contributed by atoms with Crippen LogP contribution in [0, 0.1) is 0 Å². The standard InChI is InChI=1S/2C54H34N2/c1-3-12-39-30-43(26-22-35(39)10-1)53-46-15-6-7-16-47(46)54(44-27-23-36-11-2-4-13-40(36)31-44)49-33-41(28-29-48(49)53)37-20-24-38(25-21-37)51-18-9-19-52(56-51)45-32-42-14-5-8-17-50(42)55-34-45;1-3-11-39-29-43(23-21-35(39)9-1)53-47-14-6-7-15-48(47)54(44-24-22-36-10-2-4-12-40(36)30-44)50-32-41(25-27-49(50)53)37-17-19-38(20-18-37)45-26-28-52(55-33-45)46-31-42-13-5-8-16-51(42)56-34-46/h2*1-34H. The van der Waals surface area contributed by atoms with Crippen molar-refractivity contribution in [3.8, 4) is 112 Å². The van der Waals surface area contributed by atoms with E-state index in [1.165, 1.54) is 147 Å². The third-order valence-corrected chi connectivity index (χ3v) is 22.6. The molecule has 4 heterocycles. The van der Waals surface area contributed by atoms with Gasteiger partial charge in [-0.1, -0.05) is 315 Å². The Morgan fingerprint density at radius 1 is 0.134 bits per heavy atom. The molecule has 4 heteroatoms. The lowest BCUT2D eigenvalue weighted by Crippen LogP contribution is -1.92. The first-order valence-electron chi connectivity index (χ1n) is 38.3. The Morgan fingerprint density at radius 3 is 0.804 bits per heavy atom. The number of hydrogen-bond acceptors (Lipinski definition) is 4. The summed E-state index contributed by atoms with van der Waals surface area (Å²) in [5.41, 5.74) is 24.7. The molecule has 22 rings (SSSR count). The summed E-state index contributed by atoms with van der Waals surface area (Å²) in [5, 5.41) is 22.1. The van der Waals surface area contributed by atoms with Crippen molar-refractivity contribution in [2.24, 2.45) is 0 Å². The number of rotatable bonds is 10. The summed E-state index contributed by atoms with van der Waals surface area (Å²) in [5.74, 6) is 0. The monoisotopic (exact) mass is 1420 g/mol. The SMILES string of the molecule is c1cc(-c2ccc(-c3ccc4c(-c5ccc6ccccc6c5)c5ccccc5c(-c5ccc6ccccc6c5)c4c3)cc2)nc(-c2cnc3ccccc3c2)c1.c1ccc2cc(-c3c4ccccc4c(-c4ccc5ccccc5c4)c4cc(-c5ccc(-c6ccc(-c7cnc8ccccc8c7)nc6)cc5)ccc34)ccc2c1. The van der Waals surface area contributed by atoms with Gasteiger partial charge in [0.1, 0.15) is 0 Å². The predicted octanol–water partition coefficient (Wildman–Crippen LogP) is 29.2. The quantitative estimate of drug-likeness (QED) is 0.128. The van der Waals surface area contributed by atoms with E-state index in [-0.39, 0.29) is 0 Å². The van der Waals surface area contributed by atoms with Crippen molar-refractivity contribution in [2.45, 2.75) is 0 Å². The molecule has 0 N–H and O–H groups in total. The third kappa shape index (κ3) is 12.0. The van der Waals surface area contributed by atoms with Crippen LogP contribution >= 0.6 is 0 Å². The predicted molar refractivity (Wildman–Crippen MR) is 473 cm³/mol. The number of pyridine rings is 4. The number of hydrogen-bond donors (Lipinski definition) is 0. The second-order valence-corrected chi connectivity index (χ2v) is 29.2. The smallest absolute Gasteiger partial charge is 0.0725 e. The number of nitrogens with zero attached hydrogens (tertiary/aromatic N) is 4. The highest BCUT2D eigenvalue weighted by molar-refractivity contribution is 6.24. The summed E-state index contributed by atoms with van der Waals surface area (Å²) in [7, 11) is 0. The first-order valence-corrected chi connectivity index (χ1v) is 38.3. The fraction of sp³-hybridized carbons (Fsp3) is 0. The van der Waals surface area contributed by atoms with Crippen LogP contribution in [-0.4, -0.2) is 19.9 Å². The van der Waals surface area contributed by atoms with Gasteiger partial charge in [0.05, 0.1) is 28.1 Å². The van der Waals surface area contributed by atoms with Gasteiger partial charge in [-0.15, -0.1) is 0 Å². The van der Waals surface area contributed by atoms with Crippen LogP contribution in [0.3, 0.4) is 0 Å². The lowest BCUT2D eigenvalue weighted by atomic mass is 9.84. The average Bonchev–Trinajstić information content (AvgIpc) is 0.731. The maximum atomic E-state index is 5.08. The van der Waals surface area contributed by atoms with Gasteiger partial charge in [0, 0.05) is 51.6 Å². The van der Waals surface area contributed by atoms with E-state index in [4.69, 9.17) is 9.97 Å². The van der Waals surface area contributed by atoms with Crippen LogP contribution in [0.25, 0.3) is 220 Å². The Morgan fingerprint density at radius 2 is 0.411 bits per heavy atom. The van der Waals surface area contributed by atoms with Gasteiger partial charge in [0.25, 0.3) is 0 Å². The third-order valence-electron chi connectivity index (χ3n) is 22.6. The van der Waals surface area contributed by atoms with Gasteiger partial charge in [-0.05, 0) is 237 Å². The molecule has 0 fully saturated rings. The van der Waals surface area contributed by atoms with Gasteiger partial charge in [0.2, 0.25) is 0 Å². The number of fused-ring (bicyclic) bond motifs is 10. The second-order valence-electron chi connectivity index (χ2n) is 29.2. The number of para-hydroxylation sites is 2. The van der Waals surface area contributed by atoms with E-state index in [2.05, 4.69) is 368 Å². The van der Waals surface area contributed by atoms with Crippen molar-refractivity contribution in [3.05, 3.63) is 413 Å². The maximum absolute atomic E-state index is 5.08. The van der Waals surface area contributed by atoms with Crippen molar-refractivity contribution in [1.82, 2.24) is 19.9 Å². The molecule has 0 spiro atoms. The molecule has 0 radical (unpaired) electrons. The van der Waals surface area contributed by atoms with Crippen LogP contribution < -0.4 is 0 Å². The van der Waals surface area contributed by atoms with Crippen LogP contribution in [-0.2, 0) is 0 Å². The zero-order valence-corrected chi connectivity index (χ0v) is 61.0. The van der Waals surface area contributed by atoms with E-state index < -0.39 is 0 Å². The van der Waals surface area contributed by atoms with Gasteiger partial charge in [-0.25, -0.2) is 4.98 Å². The zero-order chi connectivity index (χ0) is 74.0. The van der Waals surface area contributed by atoms with Gasteiger partial charge in [0.15, 0.2) is 0 Å². The lowest BCUT2D eigenvalue weighted by Gasteiger charge is -2.19. The molecular formula is C108H68N4. The van der Waals surface area contributed by atoms with E-state index in [1.54, 1.807) is 0 Å². The largest absolute Gasteiger partial charge is 0.256 e. The minimum absolute atomic E-state index is 0.912. The minimum atomic E-state index is 0.912. The normalized spacial score (nSPS) is 11.6. The minimum Gasteiger partial charge on any atom is -0.256 e. The van der Waals surface area contributed by atoms with Crippen molar-refractivity contribution in [1.29, 1.82) is 0 Å². The van der Waals surface area contributed by atoms with Crippen LogP contribution in [0.1, 0.15) is 0 Å². The molecule has 0 bridgehead atoms. The van der Waals surface area contributed by atoms with Gasteiger partial charge >= 0.3 is 0 Å². The molecule has 18 aromatic carbocycles. The van der Waals surface area contributed by atoms with E-state index in [1.807, 2.05) is 55.0 Å². The summed E-state index contributed by atoms with van der Waals surface area (Å²) < 4.78 is 0. The summed E-state index contributed by atoms with van der Waals surface area (Å²) in [6, 6.07) is 143. The molecular weight excluding hydrogens is 1350 g/mol. The molecule has 0 aliphatic rings. The topological polar surface area (TPSA) is 51.6 Å². The number of aromatic nitrogens is 4. The van der Waals surface area contributed by atoms with E-state index >= 15 is 0 Å². The second kappa shape index (κ2) is 27.7. The van der Waals surface area contributed by atoms with Crippen molar-refractivity contribution in [3.63, 3.8) is 0 Å². The van der Waals surface area contributed by atoms with Gasteiger partial charge < -0.3 is 0 Å². The van der Waals surface area contributed by atoms with Crippen LogP contribution in [0.2, 0.25) is 0 Å². The zero-order valence-electron chi connectivity index (χ0n) is 61.0. The molecule has 0 saturated carbocycles. The number of benzene rings is 18. The Labute approximate surface area is 648 Å². The molecule has 0 saturated heterocycles. The summed E-state index contributed by atoms with van der Waals surface area (Å²) >= 11 is 0.